The number of carbonyl (C=O) groups excluding carboxylic acids is 1. The third kappa shape index (κ3) is 4.63. The van der Waals surface area contributed by atoms with Crippen LogP contribution in [0.1, 0.15) is 13.3 Å². The van der Waals surface area contributed by atoms with Gasteiger partial charge in [0.05, 0.1) is 29.8 Å². The molecule has 0 spiro atoms. The standard InChI is InChI=1S/C16H20N4O4S2/c1-11-9-19(6-7-24-11)13(21)10-26-16-18-17-15(12-3-2-8-25-12)20(16)5-4-14(22)23/h2-3,8,11H,4-7,9-10H2,1H3,(H,22,23)/t11-/m0/s1. The van der Waals surface area contributed by atoms with Crippen LogP contribution in [0.25, 0.3) is 10.7 Å². The van der Waals surface area contributed by atoms with Gasteiger partial charge in [0.1, 0.15) is 0 Å². The molecule has 0 radical (unpaired) electrons. The Kier molecular flexibility index (Phi) is 6.28. The smallest absolute Gasteiger partial charge is 0.305 e. The van der Waals surface area contributed by atoms with Gasteiger partial charge in [0.2, 0.25) is 5.91 Å². The summed E-state index contributed by atoms with van der Waals surface area (Å²) in [5.41, 5.74) is 0. The van der Waals surface area contributed by atoms with Crippen LogP contribution < -0.4 is 0 Å². The molecule has 0 aromatic carbocycles. The molecule has 1 N–H and O–H groups in total. The molecule has 0 unspecified atom stereocenters. The van der Waals surface area contributed by atoms with Crippen LogP contribution in [0.4, 0.5) is 0 Å². The average molecular weight is 396 g/mol. The number of carboxylic acids is 1. The molecule has 1 saturated heterocycles. The molecule has 1 aliphatic heterocycles. The van der Waals surface area contributed by atoms with Crippen molar-refractivity contribution in [3.8, 4) is 10.7 Å². The van der Waals surface area contributed by atoms with Gasteiger partial charge in [-0.3, -0.25) is 9.59 Å². The first-order valence-corrected chi connectivity index (χ1v) is 10.1. The van der Waals surface area contributed by atoms with Crippen molar-refractivity contribution >= 4 is 35.0 Å². The predicted molar refractivity (Wildman–Crippen MR) is 98.3 cm³/mol. The van der Waals surface area contributed by atoms with Crippen LogP contribution in [-0.4, -0.2) is 68.2 Å². The highest BCUT2D eigenvalue weighted by atomic mass is 32.2. The number of ether oxygens (including phenoxy) is 1. The molecular formula is C16H20N4O4S2. The summed E-state index contributed by atoms with van der Waals surface area (Å²) >= 11 is 2.80. The number of hydrogen-bond donors (Lipinski definition) is 1. The maximum Gasteiger partial charge on any atom is 0.305 e. The van der Waals surface area contributed by atoms with E-state index in [0.29, 0.717) is 30.7 Å². The van der Waals surface area contributed by atoms with Gasteiger partial charge in [-0.2, -0.15) is 0 Å². The van der Waals surface area contributed by atoms with Gasteiger partial charge in [-0.1, -0.05) is 17.8 Å². The minimum Gasteiger partial charge on any atom is -0.481 e. The van der Waals surface area contributed by atoms with E-state index in [1.807, 2.05) is 24.4 Å². The molecule has 140 valence electrons. The fourth-order valence-electron chi connectivity index (χ4n) is 2.66. The van der Waals surface area contributed by atoms with E-state index in [4.69, 9.17) is 9.84 Å². The number of aromatic nitrogens is 3. The van der Waals surface area contributed by atoms with Gasteiger partial charge in [-0.25, -0.2) is 0 Å². The molecule has 10 heteroatoms. The van der Waals surface area contributed by atoms with Gasteiger partial charge in [0, 0.05) is 19.6 Å². The van der Waals surface area contributed by atoms with Crippen molar-refractivity contribution in [3.63, 3.8) is 0 Å². The summed E-state index contributed by atoms with van der Waals surface area (Å²) in [5, 5.41) is 19.9. The Morgan fingerprint density at radius 2 is 2.31 bits per heavy atom. The molecule has 1 aliphatic rings. The van der Waals surface area contributed by atoms with E-state index in [0.717, 1.165) is 4.88 Å². The number of rotatable bonds is 7. The van der Waals surface area contributed by atoms with E-state index >= 15 is 0 Å². The molecule has 0 saturated carbocycles. The molecule has 26 heavy (non-hydrogen) atoms. The highest BCUT2D eigenvalue weighted by molar-refractivity contribution is 7.99. The zero-order chi connectivity index (χ0) is 18.5. The SMILES string of the molecule is C[C@H]1CN(C(=O)CSc2nnc(-c3cccs3)n2CCC(=O)O)CCO1. The number of nitrogens with zero attached hydrogens (tertiary/aromatic N) is 4. The normalized spacial score (nSPS) is 17.4. The van der Waals surface area contributed by atoms with Crippen molar-refractivity contribution < 1.29 is 19.4 Å². The second-order valence-corrected chi connectivity index (χ2v) is 7.78. The summed E-state index contributed by atoms with van der Waals surface area (Å²) in [5.74, 6) is 0.0134. The number of morpholine rings is 1. The number of amides is 1. The lowest BCUT2D eigenvalue weighted by Crippen LogP contribution is -2.45. The third-order valence-electron chi connectivity index (χ3n) is 3.93. The van der Waals surface area contributed by atoms with E-state index in [9.17, 15) is 9.59 Å². The average Bonchev–Trinajstić information content (AvgIpc) is 3.27. The fourth-order valence-corrected chi connectivity index (χ4v) is 4.24. The maximum absolute atomic E-state index is 12.4. The summed E-state index contributed by atoms with van der Waals surface area (Å²) < 4.78 is 7.24. The highest BCUT2D eigenvalue weighted by Gasteiger charge is 2.23. The number of carbonyl (C=O) groups is 2. The van der Waals surface area contributed by atoms with Crippen molar-refractivity contribution in [2.75, 3.05) is 25.4 Å². The molecule has 1 amide bonds. The highest BCUT2D eigenvalue weighted by Crippen LogP contribution is 2.27. The molecular weight excluding hydrogens is 376 g/mol. The van der Waals surface area contributed by atoms with Gasteiger partial charge < -0.3 is 19.3 Å². The van der Waals surface area contributed by atoms with Crippen molar-refractivity contribution in [2.45, 2.75) is 31.1 Å². The lowest BCUT2D eigenvalue weighted by molar-refractivity contribution is -0.137. The van der Waals surface area contributed by atoms with Gasteiger partial charge >= 0.3 is 5.97 Å². The largest absolute Gasteiger partial charge is 0.481 e. The molecule has 3 rings (SSSR count). The second kappa shape index (κ2) is 8.65. The summed E-state index contributed by atoms with van der Waals surface area (Å²) in [4.78, 5) is 26.1. The summed E-state index contributed by atoms with van der Waals surface area (Å²) in [7, 11) is 0. The number of hydrogen-bond acceptors (Lipinski definition) is 7. The first-order valence-electron chi connectivity index (χ1n) is 8.25. The van der Waals surface area contributed by atoms with Crippen LogP contribution in [0.5, 0.6) is 0 Å². The molecule has 2 aromatic heterocycles. The van der Waals surface area contributed by atoms with Crippen molar-refractivity contribution in [1.29, 1.82) is 0 Å². The van der Waals surface area contributed by atoms with Gasteiger partial charge in [0.15, 0.2) is 11.0 Å². The van der Waals surface area contributed by atoms with Gasteiger partial charge in [-0.15, -0.1) is 21.5 Å². The zero-order valence-electron chi connectivity index (χ0n) is 14.3. The Balaban J connectivity index is 1.70. The molecule has 1 fully saturated rings. The molecule has 8 nitrogen and oxygen atoms in total. The minimum atomic E-state index is -0.884. The summed E-state index contributed by atoms with van der Waals surface area (Å²) in [6.07, 6.45) is 0.0150. The Labute approximate surface area is 159 Å². The van der Waals surface area contributed by atoms with Crippen LogP contribution in [-0.2, 0) is 20.9 Å². The Bertz CT molecular complexity index is 762. The first-order chi connectivity index (χ1) is 12.5. The topological polar surface area (TPSA) is 97.6 Å². The Morgan fingerprint density at radius 1 is 1.46 bits per heavy atom. The monoisotopic (exact) mass is 396 g/mol. The van der Waals surface area contributed by atoms with E-state index in [1.165, 1.54) is 23.1 Å². The van der Waals surface area contributed by atoms with Crippen LogP contribution in [0.2, 0.25) is 0 Å². The Hall–Kier alpha value is -1.91. The number of carboxylic acid groups (broad SMARTS) is 1. The number of thiophene rings is 1. The number of aliphatic carboxylic acids is 1. The number of thioether (sulfide) groups is 1. The summed E-state index contributed by atoms with van der Waals surface area (Å²) in [6, 6.07) is 3.83. The van der Waals surface area contributed by atoms with E-state index in [1.54, 1.807) is 9.47 Å². The first kappa shape index (κ1) is 18.9. The Morgan fingerprint density at radius 3 is 3.00 bits per heavy atom. The lowest BCUT2D eigenvalue weighted by atomic mass is 10.3. The molecule has 0 bridgehead atoms. The molecule has 1 atom stereocenters. The maximum atomic E-state index is 12.4. The van der Waals surface area contributed by atoms with Crippen LogP contribution >= 0.6 is 23.1 Å². The minimum absolute atomic E-state index is 0.0237. The van der Waals surface area contributed by atoms with E-state index < -0.39 is 5.97 Å². The van der Waals surface area contributed by atoms with Crippen molar-refractivity contribution in [1.82, 2.24) is 19.7 Å². The van der Waals surface area contributed by atoms with Crippen LogP contribution in [0.15, 0.2) is 22.7 Å². The van der Waals surface area contributed by atoms with Crippen molar-refractivity contribution in [2.24, 2.45) is 0 Å². The lowest BCUT2D eigenvalue weighted by Gasteiger charge is -2.31. The predicted octanol–water partition coefficient (Wildman–Crippen LogP) is 1.82. The van der Waals surface area contributed by atoms with E-state index in [2.05, 4.69) is 10.2 Å². The van der Waals surface area contributed by atoms with E-state index in [-0.39, 0.29) is 30.7 Å². The third-order valence-corrected chi connectivity index (χ3v) is 5.74. The van der Waals surface area contributed by atoms with Crippen LogP contribution in [0, 0.1) is 0 Å². The fraction of sp³-hybridized carbons (Fsp3) is 0.500. The molecule has 3 heterocycles. The summed E-state index contributed by atoms with van der Waals surface area (Å²) in [6.45, 7) is 3.94. The van der Waals surface area contributed by atoms with Crippen LogP contribution in [0.3, 0.4) is 0 Å². The zero-order valence-corrected chi connectivity index (χ0v) is 16.0. The van der Waals surface area contributed by atoms with Crippen molar-refractivity contribution in [3.05, 3.63) is 17.5 Å². The molecule has 0 aliphatic carbocycles. The van der Waals surface area contributed by atoms with Gasteiger partial charge in [0.25, 0.3) is 0 Å². The second-order valence-electron chi connectivity index (χ2n) is 5.89. The van der Waals surface area contributed by atoms with Gasteiger partial charge in [-0.05, 0) is 18.4 Å². The molecule has 2 aromatic rings. The quantitative estimate of drug-likeness (QED) is 0.713.